The van der Waals surface area contributed by atoms with Crippen molar-refractivity contribution in [2.75, 3.05) is 0 Å². The predicted octanol–water partition coefficient (Wildman–Crippen LogP) is 2.61. The van der Waals surface area contributed by atoms with Gasteiger partial charge in [-0.3, -0.25) is 4.79 Å². The third-order valence-electron chi connectivity index (χ3n) is 2.01. The first-order chi connectivity index (χ1) is 6.93. The van der Waals surface area contributed by atoms with Crippen molar-refractivity contribution in [3.05, 3.63) is 21.9 Å². The number of carboxylic acid groups (broad SMARTS) is 1. The van der Waals surface area contributed by atoms with E-state index in [4.69, 9.17) is 28.3 Å². The van der Waals surface area contributed by atoms with Gasteiger partial charge < -0.3 is 5.11 Å². The van der Waals surface area contributed by atoms with Crippen LogP contribution in [-0.2, 0) is 4.79 Å². The molecule has 0 saturated carbocycles. The summed E-state index contributed by atoms with van der Waals surface area (Å²) in [6, 6.07) is 1.44. The average molecular weight is 249 g/mol. The molecule has 1 N–H and O–H groups in total. The molecule has 1 rings (SSSR count). The van der Waals surface area contributed by atoms with E-state index in [1.165, 1.54) is 6.07 Å². The molecular weight excluding hydrogens is 239 g/mol. The van der Waals surface area contributed by atoms with Gasteiger partial charge in [0.15, 0.2) is 10.3 Å². The number of aliphatic carboxylic acids is 1. The van der Waals surface area contributed by atoms with Crippen molar-refractivity contribution in [2.24, 2.45) is 5.92 Å². The lowest BCUT2D eigenvalue weighted by molar-refractivity contribution is -0.139. The van der Waals surface area contributed by atoms with Crippen molar-refractivity contribution >= 4 is 29.2 Å². The van der Waals surface area contributed by atoms with Crippen molar-refractivity contribution in [2.45, 2.75) is 19.8 Å². The highest BCUT2D eigenvalue weighted by atomic mass is 35.5. The molecule has 1 atom stereocenters. The molecule has 1 unspecified atom stereocenters. The van der Waals surface area contributed by atoms with Crippen LogP contribution in [0.4, 0.5) is 0 Å². The van der Waals surface area contributed by atoms with Crippen molar-refractivity contribution in [3.8, 4) is 0 Å². The van der Waals surface area contributed by atoms with Crippen molar-refractivity contribution in [3.63, 3.8) is 0 Å². The minimum Gasteiger partial charge on any atom is -0.481 e. The van der Waals surface area contributed by atoms with E-state index in [0.29, 0.717) is 5.56 Å². The fraction of sp³-hybridized carbons (Fsp3) is 0.444. The van der Waals surface area contributed by atoms with Crippen LogP contribution in [0.5, 0.6) is 0 Å². The highest BCUT2D eigenvalue weighted by Gasteiger charge is 2.26. The Hall–Kier alpha value is -0.870. The van der Waals surface area contributed by atoms with E-state index in [1.807, 2.05) is 0 Å². The Morgan fingerprint density at radius 2 is 2.00 bits per heavy atom. The van der Waals surface area contributed by atoms with Crippen molar-refractivity contribution < 1.29 is 9.90 Å². The summed E-state index contributed by atoms with van der Waals surface area (Å²) in [5.74, 6) is -1.76. The molecule has 1 aromatic rings. The smallest absolute Gasteiger partial charge is 0.311 e. The summed E-state index contributed by atoms with van der Waals surface area (Å²) in [4.78, 5) is 11.1. The highest BCUT2D eigenvalue weighted by molar-refractivity contribution is 6.32. The molecule has 15 heavy (non-hydrogen) atoms. The van der Waals surface area contributed by atoms with Crippen LogP contribution >= 0.6 is 23.2 Å². The summed E-state index contributed by atoms with van der Waals surface area (Å²) in [7, 11) is 0. The van der Waals surface area contributed by atoms with Crippen LogP contribution in [-0.4, -0.2) is 21.3 Å². The van der Waals surface area contributed by atoms with Gasteiger partial charge >= 0.3 is 5.97 Å². The first-order valence-electron chi connectivity index (χ1n) is 4.35. The van der Waals surface area contributed by atoms with E-state index in [9.17, 15) is 4.79 Å². The molecule has 0 aromatic carbocycles. The van der Waals surface area contributed by atoms with Gasteiger partial charge in [-0.25, -0.2) is 0 Å². The lowest BCUT2D eigenvalue weighted by Gasteiger charge is -2.16. The first kappa shape index (κ1) is 12.2. The van der Waals surface area contributed by atoms with Crippen LogP contribution in [0.3, 0.4) is 0 Å². The molecule has 4 nitrogen and oxygen atoms in total. The van der Waals surface area contributed by atoms with Crippen LogP contribution < -0.4 is 0 Å². The third kappa shape index (κ3) is 2.79. The van der Waals surface area contributed by atoms with Crippen LogP contribution in [0.1, 0.15) is 25.3 Å². The van der Waals surface area contributed by atoms with E-state index in [-0.39, 0.29) is 16.2 Å². The largest absolute Gasteiger partial charge is 0.481 e. The maximum atomic E-state index is 11.1. The molecule has 0 amide bonds. The lowest BCUT2D eigenvalue weighted by atomic mass is 9.90. The van der Waals surface area contributed by atoms with E-state index in [1.54, 1.807) is 13.8 Å². The standard InChI is InChI=1S/C9H10Cl2N2O2/c1-4(2)7(9(14)15)5-3-6(10)12-13-8(5)11/h3-4,7H,1-2H3,(H,14,15). The Kier molecular flexibility index (Phi) is 3.88. The van der Waals surface area contributed by atoms with Gasteiger partial charge in [0.1, 0.15) is 0 Å². The van der Waals surface area contributed by atoms with E-state index >= 15 is 0 Å². The fourth-order valence-corrected chi connectivity index (χ4v) is 1.73. The van der Waals surface area contributed by atoms with Crippen LogP contribution in [0.2, 0.25) is 10.3 Å². The van der Waals surface area contributed by atoms with Crippen molar-refractivity contribution in [1.29, 1.82) is 0 Å². The number of carboxylic acids is 1. The van der Waals surface area contributed by atoms with Gasteiger partial charge in [0.2, 0.25) is 0 Å². The Balaban J connectivity index is 3.22. The molecule has 6 heteroatoms. The number of hydrogen-bond donors (Lipinski definition) is 1. The normalized spacial score (nSPS) is 12.9. The fourth-order valence-electron chi connectivity index (χ4n) is 1.36. The molecule has 0 radical (unpaired) electrons. The molecule has 82 valence electrons. The molecule has 0 aliphatic heterocycles. The monoisotopic (exact) mass is 248 g/mol. The van der Waals surface area contributed by atoms with Gasteiger partial charge in [-0.1, -0.05) is 37.0 Å². The molecule has 0 fully saturated rings. The number of hydrogen-bond acceptors (Lipinski definition) is 3. The Morgan fingerprint density at radius 1 is 1.40 bits per heavy atom. The quantitative estimate of drug-likeness (QED) is 0.894. The molecule has 1 heterocycles. The highest BCUT2D eigenvalue weighted by Crippen LogP contribution is 2.30. The topological polar surface area (TPSA) is 63.1 Å². The first-order valence-corrected chi connectivity index (χ1v) is 5.10. The van der Waals surface area contributed by atoms with Gasteiger partial charge in [-0.05, 0) is 12.0 Å². The van der Waals surface area contributed by atoms with E-state index in [0.717, 1.165) is 0 Å². The zero-order valence-corrected chi connectivity index (χ0v) is 9.75. The second-order valence-electron chi connectivity index (χ2n) is 3.47. The Morgan fingerprint density at radius 3 is 2.47 bits per heavy atom. The summed E-state index contributed by atoms with van der Waals surface area (Å²) in [5, 5.41) is 16.4. The maximum Gasteiger partial charge on any atom is 0.311 e. The lowest BCUT2D eigenvalue weighted by Crippen LogP contribution is -2.18. The third-order valence-corrected chi connectivity index (χ3v) is 2.49. The number of nitrogens with zero attached hydrogens (tertiary/aromatic N) is 2. The molecule has 0 saturated heterocycles. The molecule has 0 spiro atoms. The second-order valence-corrected chi connectivity index (χ2v) is 4.22. The minimum absolute atomic E-state index is 0.0838. The number of aromatic nitrogens is 2. The van der Waals surface area contributed by atoms with Crippen LogP contribution in [0.15, 0.2) is 6.07 Å². The summed E-state index contributed by atoms with van der Waals surface area (Å²) >= 11 is 11.4. The van der Waals surface area contributed by atoms with Gasteiger partial charge in [0, 0.05) is 5.56 Å². The zero-order valence-electron chi connectivity index (χ0n) is 8.24. The summed E-state index contributed by atoms with van der Waals surface area (Å²) in [6.45, 7) is 3.59. The molecule has 0 bridgehead atoms. The predicted molar refractivity (Wildman–Crippen MR) is 57.3 cm³/mol. The SMILES string of the molecule is CC(C)C(C(=O)O)c1cc(Cl)nnc1Cl. The van der Waals surface area contributed by atoms with Crippen LogP contribution in [0, 0.1) is 5.92 Å². The summed E-state index contributed by atoms with van der Waals surface area (Å²) < 4.78 is 0. The minimum atomic E-state index is -0.948. The maximum absolute atomic E-state index is 11.1. The average Bonchev–Trinajstić information content (AvgIpc) is 2.10. The Labute approximate surface area is 97.2 Å². The van der Waals surface area contributed by atoms with Gasteiger partial charge in [-0.15, -0.1) is 10.2 Å². The van der Waals surface area contributed by atoms with Gasteiger partial charge in [-0.2, -0.15) is 0 Å². The number of halogens is 2. The molecule has 0 aliphatic carbocycles. The zero-order chi connectivity index (χ0) is 11.6. The van der Waals surface area contributed by atoms with E-state index < -0.39 is 11.9 Å². The summed E-state index contributed by atoms with van der Waals surface area (Å²) in [6.07, 6.45) is 0. The molecule has 0 aliphatic rings. The second kappa shape index (κ2) is 4.77. The van der Waals surface area contributed by atoms with Crippen LogP contribution in [0.25, 0.3) is 0 Å². The van der Waals surface area contributed by atoms with Crippen molar-refractivity contribution in [1.82, 2.24) is 10.2 Å². The number of carbonyl (C=O) groups is 1. The van der Waals surface area contributed by atoms with E-state index in [2.05, 4.69) is 10.2 Å². The summed E-state index contributed by atoms with van der Waals surface area (Å²) in [5.41, 5.74) is 0.402. The molecule has 1 aromatic heterocycles. The van der Waals surface area contributed by atoms with Gasteiger partial charge in [0.05, 0.1) is 5.92 Å². The number of rotatable bonds is 3. The Bertz CT molecular complexity index is 382. The van der Waals surface area contributed by atoms with Gasteiger partial charge in [0.25, 0.3) is 0 Å². The molecular formula is C9H10Cl2N2O2.